The molecule has 35 heavy (non-hydrogen) atoms. The lowest BCUT2D eigenvalue weighted by atomic mass is 9.94. The van der Waals surface area contributed by atoms with Crippen molar-refractivity contribution in [3.05, 3.63) is 114 Å². The van der Waals surface area contributed by atoms with E-state index in [0.717, 1.165) is 10.8 Å². The van der Waals surface area contributed by atoms with Crippen molar-refractivity contribution < 1.29 is 9.90 Å². The smallest absolute Gasteiger partial charge is 0.256 e. The van der Waals surface area contributed by atoms with Crippen molar-refractivity contribution in [3.63, 3.8) is 0 Å². The number of carbonyl (C=O) groups is 1. The third-order valence-corrected chi connectivity index (χ3v) is 6.49. The summed E-state index contributed by atoms with van der Waals surface area (Å²) in [5.41, 5.74) is 2.97. The van der Waals surface area contributed by atoms with Crippen LogP contribution in [-0.2, 0) is 0 Å². The van der Waals surface area contributed by atoms with Crippen LogP contribution in [0.1, 0.15) is 41.4 Å². The third kappa shape index (κ3) is 5.26. The van der Waals surface area contributed by atoms with Gasteiger partial charge in [0.25, 0.3) is 5.91 Å². The summed E-state index contributed by atoms with van der Waals surface area (Å²) >= 11 is 0. The largest absolute Gasteiger partial charge is 0.395 e. The number of fused-ring (bicyclic) bond motifs is 1. The molecule has 5 rings (SSSR count). The number of pyridine rings is 1. The van der Waals surface area contributed by atoms with E-state index in [1.807, 2.05) is 79.4 Å². The summed E-state index contributed by atoms with van der Waals surface area (Å²) < 4.78 is 0. The van der Waals surface area contributed by atoms with Crippen LogP contribution >= 0.6 is 0 Å². The molecule has 1 aliphatic heterocycles. The topological polar surface area (TPSA) is 56.7 Å². The summed E-state index contributed by atoms with van der Waals surface area (Å²) in [6, 6.07) is 28.4. The van der Waals surface area contributed by atoms with Crippen molar-refractivity contribution in [1.29, 1.82) is 0 Å². The Morgan fingerprint density at radius 1 is 0.886 bits per heavy atom. The Bertz CT molecular complexity index is 1190. The molecule has 1 aliphatic rings. The highest BCUT2D eigenvalue weighted by Gasteiger charge is 2.35. The van der Waals surface area contributed by atoms with Crippen LogP contribution in [0.5, 0.6) is 0 Å². The van der Waals surface area contributed by atoms with Crippen molar-refractivity contribution in [2.75, 3.05) is 26.2 Å². The van der Waals surface area contributed by atoms with Crippen LogP contribution in [-0.4, -0.2) is 58.1 Å². The summed E-state index contributed by atoms with van der Waals surface area (Å²) in [7, 11) is 0. The van der Waals surface area contributed by atoms with Crippen LogP contribution in [0.15, 0.2) is 97.3 Å². The molecule has 1 atom stereocenters. The Balaban J connectivity index is 0.00000141. The number of hydrogen-bond donors (Lipinski definition) is 1. The van der Waals surface area contributed by atoms with Crippen molar-refractivity contribution in [2.24, 2.45) is 0 Å². The van der Waals surface area contributed by atoms with Gasteiger partial charge in [0.2, 0.25) is 0 Å². The van der Waals surface area contributed by atoms with E-state index >= 15 is 0 Å². The predicted octanol–water partition coefficient (Wildman–Crippen LogP) is 5.17. The number of amides is 1. The molecule has 180 valence electrons. The second-order valence-electron chi connectivity index (χ2n) is 8.46. The van der Waals surface area contributed by atoms with E-state index in [9.17, 15) is 9.90 Å². The summed E-state index contributed by atoms with van der Waals surface area (Å²) in [4.78, 5) is 21.9. The van der Waals surface area contributed by atoms with Crippen LogP contribution in [0, 0.1) is 0 Å². The standard InChI is InChI=1S/C28H27N3O2.C2H6/c32-20-24-19-30(28(33)26-18-29-17-23-13-7-8-14-25(23)26)15-16-31(24)27(21-9-3-1-4-10-21)22-11-5-2-6-12-22;1-2/h1-14,17-18,24,27,32H,15-16,19-20H2;1-2H3. The number of nitrogens with zero attached hydrogens (tertiary/aromatic N) is 3. The molecule has 1 fully saturated rings. The summed E-state index contributed by atoms with van der Waals surface area (Å²) in [6.07, 6.45) is 3.44. The molecular formula is C30H33N3O2. The fraction of sp³-hybridized carbons (Fsp3) is 0.267. The molecule has 5 heteroatoms. The minimum absolute atomic E-state index is 0.0148. The van der Waals surface area contributed by atoms with Gasteiger partial charge in [0.15, 0.2) is 0 Å². The maximum absolute atomic E-state index is 13.5. The number of benzene rings is 3. The number of rotatable bonds is 5. The Morgan fingerprint density at radius 2 is 1.49 bits per heavy atom. The number of hydrogen-bond acceptors (Lipinski definition) is 4. The van der Waals surface area contributed by atoms with Gasteiger partial charge < -0.3 is 10.0 Å². The SMILES string of the molecule is CC.O=C(c1cncc2ccccc12)N1CCN(C(c2ccccc2)c2ccccc2)C(CO)C1. The van der Waals surface area contributed by atoms with Crippen LogP contribution in [0.2, 0.25) is 0 Å². The van der Waals surface area contributed by atoms with Gasteiger partial charge in [-0.25, -0.2) is 0 Å². The molecule has 0 aliphatic carbocycles. The summed E-state index contributed by atoms with van der Waals surface area (Å²) in [5, 5.41) is 12.2. The molecule has 0 radical (unpaired) electrons. The average Bonchev–Trinajstić information content (AvgIpc) is 2.95. The van der Waals surface area contributed by atoms with Gasteiger partial charge in [-0.2, -0.15) is 0 Å². The van der Waals surface area contributed by atoms with Gasteiger partial charge in [-0.15, -0.1) is 0 Å². The van der Waals surface area contributed by atoms with Crippen LogP contribution in [0.3, 0.4) is 0 Å². The quantitative estimate of drug-likeness (QED) is 0.440. The monoisotopic (exact) mass is 467 g/mol. The predicted molar refractivity (Wildman–Crippen MR) is 141 cm³/mol. The fourth-order valence-corrected chi connectivity index (χ4v) is 4.86. The molecule has 4 aromatic rings. The number of aromatic nitrogens is 1. The molecular weight excluding hydrogens is 434 g/mol. The van der Waals surface area contributed by atoms with E-state index in [0.29, 0.717) is 25.2 Å². The number of piperazine rings is 1. The molecule has 1 unspecified atom stereocenters. The highest BCUT2D eigenvalue weighted by molar-refractivity contribution is 6.06. The van der Waals surface area contributed by atoms with E-state index in [1.165, 1.54) is 11.1 Å². The first kappa shape index (κ1) is 24.6. The van der Waals surface area contributed by atoms with Crippen LogP contribution in [0.4, 0.5) is 0 Å². The maximum Gasteiger partial charge on any atom is 0.256 e. The molecule has 0 bridgehead atoms. The van der Waals surface area contributed by atoms with Crippen LogP contribution < -0.4 is 0 Å². The zero-order valence-corrected chi connectivity index (χ0v) is 20.4. The second-order valence-corrected chi connectivity index (χ2v) is 8.46. The molecule has 1 N–H and O–H groups in total. The highest BCUT2D eigenvalue weighted by atomic mass is 16.3. The van der Waals surface area contributed by atoms with E-state index in [4.69, 9.17) is 0 Å². The Kier molecular flexibility index (Phi) is 8.24. The molecule has 1 amide bonds. The first-order valence-electron chi connectivity index (χ1n) is 12.3. The maximum atomic E-state index is 13.5. The lowest BCUT2D eigenvalue weighted by Gasteiger charge is -2.45. The zero-order valence-electron chi connectivity index (χ0n) is 20.4. The first-order chi connectivity index (χ1) is 17.3. The van der Waals surface area contributed by atoms with Gasteiger partial charge in [0.05, 0.1) is 24.3 Å². The van der Waals surface area contributed by atoms with Gasteiger partial charge in [0, 0.05) is 37.4 Å². The number of aliphatic hydroxyl groups is 1. The lowest BCUT2D eigenvalue weighted by molar-refractivity contribution is 0.0197. The van der Waals surface area contributed by atoms with Gasteiger partial charge in [-0.3, -0.25) is 14.7 Å². The van der Waals surface area contributed by atoms with E-state index in [1.54, 1.807) is 12.4 Å². The van der Waals surface area contributed by atoms with Gasteiger partial charge in [-0.1, -0.05) is 98.8 Å². The molecule has 1 saturated heterocycles. The second kappa shape index (κ2) is 11.7. The summed E-state index contributed by atoms with van der Waals surface area (Å²) in [6.45, 7) is 5.71. The van der Waals surface area contributed by atoms with Crippen molar-refractivity contribution in [1.82, 2.24) is 14.8 Å². The molecule has 0 saturated carbocycles. The van der Waals surface area contributed by atoms with Crippen molar-refractivity contribution in [2.45, 2.75) is 25.9 Å². The van der Waals surface area contributed by atoms with E-state index in [-0.39, 0.29) is 24.6 Å². The normalized spacial score (nSPS) is 16.1. The minimum atomic E-state index is -0.170. The Labute approximate surface area is 207 Å². The van der Waals surface area contributed by atoms with Gasteiger partial charge >= 0.3 is 0 Å². The number of aliphatic hydroxyl groups excluding tert-OH is 1. The number of carbonyl (C=O) groups excluding carboxylic acids is 1. The molecule has 5 nitrogen and oxygen atoms in total. The average molecular weight is 468 g/mol. The third-order valence-electron chi connectivity index (χ3n) is 6.49. The highest BCUT2D eigenvalue weighted by Crippen LogP contribution is 2.32. The molecule has 1 aromatic heterocycles. The molecule has 3 aromatic carbocycles. The van der Waals surface area contributed by atoms with Crippen LogP contribution in [0.25, 0.3) is 10.8 Å². The zero-order chi connectivity index (χ0) is 24.6. The van der Waals surface area contributed by atoms with Gasteiger partial charge in [-0.05, 0) is 16.5 Å². The fourth-order valence-electron chi connectivity index (χ4n) is 4.86. The minimum Gasteiger partial charge on any atom is -0.395 e. The Morgan fingerprint density at radius 3 is 2.11 bits per heavy atom. The van der Waals surface area contributed by atoms with E-state index < -0.39 is 0 Å². The molecule has 0 spiro atoms. The van der Waals surface area contributed by atoms with Crippen molar-refractivity contribution in [3.8, 4) is 0 Å². The lowest BCUT2D eigenvalue weighted by Crippen LogP contribution is -2.57. The molecule has 2 heterocycles. The van der Waals surface area contributed by atoms with Crippen molar-refractivity contribution >= 4 is 16.7 Å². The first-order valence-corrected chi connectivity index (χ1v) is 12.3. The van der Waals surface area contributed by atoms with Gasteiger partial charge in [0.1, 0.15) is 0 Å². The Hall–Kier alpha value is -3.54. The van der Waals surface area contributed by atoms with E-state index in [2.05, 4.69) is 34.1 Å². The summed E-state index contributed by atoms with van der Waals surface area (Å²) in [5.74, 6) is -0.0339.